The van der Waals surface area contributed by atoms with Crippen molar-refractivity contribution in [3.8, 4) is 10.4 Å². The third-order valence-corrected chi connectivity index (χ3v) is 11.5. The van der Waals surface area contributed by atoms with E-state index >= 15 is 13.2 Å². The number of amides is 2. The number of thioether (sulfide) groups is 1. The molecule has 44 heavy (non-hydrogen) atoms. The number of carbonyl (C=O) groups is 2. The Labute approximate surface area is 259 Å². The van der Waals surface area contributed by atoms with Gasteiger partial charge in [0.25, 0.3) is 5.91 Å². The predicted molar refractivity (Wildman–Crippen MR) is 166 cm³/mol. The lowest BCUT2D eigenvalue weighted by atomic mass is 9.70. The molecule has 1 spiro atoms. The Morgan fingerprint density at radius 3 is 2.45 bits per heavy atom. The molecule has 2 atom stereocenters. The minimum absolute atomic E-state index is 0.0217. The summed E-state index contributed by atoms with van der Waals surface area (Å²) < 4.78 is 46.8. The average Bonchev–Trinajstić information content (AvgIpc) is 3.28. The molecule has 1 aliphatic carbocycles. The number of hydrogen-bond donors (Lipinski definition) is 2. The minimum Gasteiger partial charge on any atom is -0.366 e. The minimum atomic E-state index is -4.83. The predicted octanol–water partition coefficient (Wildman–Crippen LogP) is 5.13. The zero-order valence-electron chi connectivity index (χ0n) is 24.2. The molecule has 4 heterocycles. The molecule has 1 saturated carbocycles. The lowest BCUT2D eigenvalue weighted by Crippen LogP contribution is -2.58. The number of alkyl halides is 3. The van der Waals surface area contributed by atoms with Gasteiger partial charge in [0.05, 0.1) is 16.6 Å². The SMILES string of the molecule is C=CC(=O)N1[C@H](C)CN(c2nc(=O)n3c4c(c(-c5scc(C=N)c5C(N)=O)c(C(F)(F)F)cc24)SCC2(CCC2)C3)C[C@@H]1C. The number of hydrogen-bond acceptors (Lipinski definition) is 8. The van der Waals surface area contributed by atoms with Crippen LogP contribution in [0.15, 0.2) is 33.8 Å². The van der Waals surface area contributed by atoms with Gasteiger partial charge < -0.3 is 20.9 Å². The number of primary amides is 1. The zero-order valence-corrected chi connectivity index (χ0v) is 25.8. The molecule has 3 aromatic rings. The summed E-state index contributed by atoms with van der Waals surface area (Å²) in [7, 11) is 0. The van der Waals surface area contributed by atoms with Gasteiger partial charge in [0, 0.05) is 75.4 Å². The first-order valence-corrected chi connectivity index (χ1v) is 16.1. The number of thiophene rings is 1. The molecule has 0 unspecified atom stereocenters. The van der Waals surface area contributed by atoms with E-state index in [0.29, 0.717) is 17.8 Å². The Morgan fingerprint density at radius 2 is 1.91 bits per heavy atom. The highest BCUT2D eigenvalue weighted by Crippen LogP contribution is 2.55. The van der Waals surface area contributed by atoms with E-state index in [1.807, 2.05) is 13.8 Å². The van der Waals surface area contributed by atoms with Crippen molar-refractivity contribution in [2.24, 2.45) is 11.1 Å². The van der Waals surface area contributed by atoms with E-state index in [0.717, 1.165) is 42.9 Å². The molecule has 3 aliphatic rings. The molecule has 2 aromatic heterocycles. The van der Waals surface area contributed by atoms with Gasteiger partial charge >= 0.3 is 11.9 Å². The van der Waals surface area contributed by atoms with Crippen LogP contribution in [0.3, 0.4) is 0 Å². The van der Waals surface area contributed by atoms with E-state index in [1.54, 1.807) is 9.80 Å². The smallest absolute Gasteiger partial charge is 0.366 e. The first-order chi connectivity index (χ1) is 20.8. The average molecular weight is 645 g/mol. The highest BCUT2D eigenvalue weighted by Gasteiger charge is 2.44. The monoisotopic (exact) mass is 644 g/mol. The lowest BCUT2D eigenvalue weighted by Gasteiger charge is -2.45. The van der Waals surface area contributed by atoms with E-state index in [2.05, 4.69) is 11.6 Å². The summed E-state index contributed by atoms with van der Waals surface area (Å²) in [5.74, 6) is -0.548. The summed E-state index contributed by atoms with van der Waals surface area (Å²) in [6.45, 7) is 8.09. The summed E-state index contributed by atoms with van der Waals surface area (Å²) in [5.41, 5.74) is 4.02. The highest BCUT2D eigenvalue weighted by atomic mass is 32.2. The number of nitrogens with one attached hydrogen (secondary N) is 1. The van der Waals surface area contributed by atoms with Gasteiger partial charge in [-0.3, -0.25) is 14.2 Å². The van der Waals surface area contributed by atoms with Gasteiger partial charge in [-0.15, -0.1) is 23.1 Å². The van der Waals surface area contributed by atoms with Crippen LogP contribution >= 0.6 is 23.1 Å². The molecule has 2 fully saturated rings. The summed E-state index contributed by atoms with van der Waals surface area (Å²) in [6, 6.07) is 0.393. The molecular formula is C30H31F3N6O3S2. The maximum absolute atomic E-state index is 15.1. The standard InChI is InChI=1S/C30H31F3N6O3S2/c1-4-20(40)39-15(2)10-37(11-16(39)3)27-18-8-19(30(31,32)33)22(24-21(26(35)41)17(9-34)12-43-24)25-23(18)38(28(42)36-27)13-29(14-44-25)6-5-7-29/h4,8-9,12,15-16,34H,1,5-7,10-11,13-14H2,2-3H3,(H2,35,41)/t15-,16+. The largest absolute Gasteiger partial charge is 0.417 e. The van der Waals surface area contributed by atoms with Gasteiger partial charge in [0.15, 0.2) is 0 Å². The van der Waals surface area contributed by atoms with Crippen molar-refractivity contribution in [2.45, 2.75) is 62.8 Å². The van der Waals surface area contributed by atoms with Crippen molar-refractivity contribution in [2.75, 3.05) is 23.7 Å². The Bertz CT molecular complexity index is 1780. The Balaban J connectivity index is 1.67. The third kappa shape index (κ3) is 4.73. The lowest BCUT2D eigenvalue weighted by molar-refractivity contribution is -0.137. The summed E-state index contributed by atoms with van der Waals surface area (Å²) in [5, 5.41) is 9.37. The molecule has 232 valence electrons. The van der Waals surface area contributed by atoms with E-state index < -0.39 is 23.3 Å². The number of carbonyl (C=O) groups excluding carboxylic acids is 2. The highest BCUT2D eigenvalue weighted by molar-refractivity contribution is 7.99. The second kappa shape index (κ2) is 10.8. The van der Waals surface area contributed by atoms with Crippen molar-refractivity contribution in [3.63, 3.8) is 0 Å². The fourth-order valence-electron chi connectivity index (χ4n) is 6.91. The van der Waals surface area contributed by atoms with Crippen LogP contribution in [0.5, 0.6) is 0 Å². The number of piperazine rings is 1. The number of nitrogens with zero attached hydrogens (tertiary/aromatic N) is 4. The van der Waals surface area contributed by atoms with Gasteiger partial charge in [-0.1, -0.05) is 13.0 Å². The van der Waals surface area contributed by atoms with Gasteiger partial charge in [-0.25, -0.2) is 4.79 Å². The topological polar surface area (TPSA) is 125 Å². The Kier molecular flexibility index (Phi) is 7.43. The van der Waals surface area contributed by atoms with Crippen LogP contribution in [-0.2, 0) is 17.5 Å². The van der Waals surface area contributed by atoms with E-state index in [9.17, 15) is 14.4 Å². The zero-order chi connectivity index (χ0) is 31.7. The van der Waals surface area contributed by atoms with Crippen LogP contribution in [-0.4, -0.2) is 63.4 Å². The molecule has 2 amide bonds. The van der Waals surface area contributed by atoms with Crippen molar-refractivity contribution >= 4 is 57.8 Å². The number of aromatic nitrogens is 2. The van der Waals surface area contributed by atoms with Crippen molar-refractivity contribution < 1.29 is 22.8 Å². The number of benzene rings is 1. The summed E-state index contributed by atoms with van der Waals surface area (Å²) >= 11 is 2.20. The first-order valence-electron chi connectivity index (χ1n) is 14.2. The van der Waals surface area contributed by atoms with Crippen LogP contribution in [0.25, 0.3) is 21.3 Å². The maximum atomic E-state index is 15.1. The van der Waals surface area contributed by atoms with Gasteiger partial charge in [0.1, 0.15) is 5.82 Å². The first kappa shape index (κ1) is 30.4. The quantitative estimate of drug-likeness (QED) is 0.293. The normalized spacial score (nSPS) is 21.2. The molecule has 1 saturated heterocycles. The van der Waals surface area contributed by atoms with Gasteiger partial charge in [-0.05, 0) is 44.2 Å². The Morgan fingerprint density at radius 1 is 1.23 bits per heavy atom. The molecule has 3 N–H and O–H groups in total. The molecule has 2 aliphatic heterocycles. The molecule has 0 radical (unpaired) electrons. The van der Waals surface area contributed by atoms with E-state index in [1.165, 1.54) is 27.8 Å². The second-order valence-corrected chi connectivity index (χ2v) is 13.8. The van der Waals surface area contributed by atoms with Crippen LogP contribution in [0.4, 0.5) is 19.0 Å². The van der Waals surface area contributed by atoms with Crippen LogP contribution in [0.2, 0.25) is 0 Å². The summed E-state index contributed by atoms with van der Waals surface area (Å²) in [4.78, 5) is 47.1. The number of halogens is 3. The summed E-state index contributed by atoms with van der Waals surface area (Å²) in [6.07, 6.45) is -0.0626. The fraction of sp³-hybridized carbons (Fsp3) is 0.433. The second-order valence-electron chi connectivity index (χ2n) is 11.9. The number of anilines is 1. The van der Waals surface area contributed by atoms with Crippen molar-refractivity contribution in [1.82, 2.24) is 14.5 Å². The molecule has 1 aromatic carbocycles. The van der Waals surface area contributed by atoms with E-state index in [-0.39, 0.29) is 74.2 Å². The third-order valence-electron chi connectivity index (χ3n) is 9.03. The van der Waals surface area contributed by atoms with Crippen LogP contribution in [0.1, 0.15) is 54.6 Å². The molecular weight excluding hydrogens is 613 g/mol. The maximum Gasteiger partial charge on any atom is 0.417 e. The number of nitrogens with two attached hydrogens (primary N) is 1. The van der Waals surface area contributed by atoms with E-state index in [4.69, 9.17) is 11.1 Å². The van der Waals surface area contributed by atoms with Gasteiger partial charge in [0.2, 0.25) is 5.91 Å². The molecule has 6 rings (SSSR count). The van der Waals surface area contributed by atoms with Crippen LogP contribution < -0.4 is 16.3 Å². The fourth-order valence-corrected chi connectivity index (χ4v) is 9.61. The van der Waals surface area contributed by atoms with Crippen molar-refractivity contribution in [3.05, 3.63) is 51.3 Å². The van der Waals surface area contributed by atoms with Crippen LogP contribution in [0, 0.1) is 10.8 Å². The molecule has 0 bridgehead atoms. The Hall–Kier alpha value is -3.65. The number of rotatable bonds is 5. The van der Waals surface area contributed by atoms with Gasteiger partial charge in [-0.2, -0.15) is 18.2 Å². The molecule has 14 heteroatoms. The van der Waals surface area contributed by atoms with Crippen molar-refractivity contribution in [1.29, 1.82) is 5.41 Å². The molecule has 9 nitrogen and oxygen atoms in total.